The van der Waals surface area contributed by atoms with E-state index in [0.29, 0.717) is 0 Å². The van der Waals surface area contributed by atoms with Crippen molar-refractivity contribution in [1.82, 2.24) is 0 Å². The fourth-order valence-electron chi connectivity index (χ4n) is 5.03. The van der Waals surface area contributed by atoms with Gasteiger partial charge < -0.3 is 0 Å². The topological polar surface area (TPSA) is 12.4 Å². The van der Waals surface area contributed by atoms with Crippen LogP contribution in [0.4, 0.5) is 5.69 Å². The van der Waals surface area contributed by atoms with Crippen LogP contribution in [0.5, 0.6) is 0 Å². The highest BCUT2D eigenvalue weighted by Gasteiger charge is 2.25. The normalized spacial score (nSPS) is 11.8. The number of benzene rings is 5. The molecule has 0 unspecified atom stereocenters. The molecule has 1 aliphatic rings. The van der Waals surface area contributed by atoms with Crippen molar-refractivity contribution in [3.63, 3.8) is 0 Å². The lowest BCUT2D eigenvalue weighted by molar-refractivity contribution is 1.40. The van der Waals surface area contributed by atoms with E-state index in [-0.39, 0.29) is 0 Å². The quantitative estimate of drug-likeness (QED) is 0.255. The van der Waals surface area contributed by atoms with Crippen molar-refractivity contribution in [2.75, 3.05) is 0 Å². The van der Waals surface area contributed by atoms with E-state index in [1.54, 1.807) is 0 Å². The number of nitrogens with zero attached hydrogens (tertiary/aromatic N) is 1. The van der Waals surface area contributed by atoms with E-state index in [1.165, 1.54) is 50.1 Å². The molecule has 5 aromatic carbocycles. The Morgan fingerprint density at radius 2 is 0.800 bits per heavy atom. The second-order valence-electron chi connectivity index (χ2n) is 9.49. The summed E-state index contributed by atoms with van der Waals surface area (Å²) in [5.41, 5.74) is 15.4. The Bertz CT molecular complexity index is 1470. The summed E-state index contributed by atoms with van der Waals surface area (Å²) in [4.78, 5) is 5.50. The third-order valence-corrected chi connectivity index (χ3v) is 6.86. The number of fused-ring (bicyclic) bond motifs is 3. The standard InChI is InChI=1S/C34H27N/c1-22-12-16-25(17-13-22)31-20-24(3)21-32(26-18-14-23(2)15-19-26)34(31)35-33-29-10-6-4-8-27(29)28-9-5-7-11-30(28)33/h4-21H,1-3H3. The van der Waals surface area contributed by atoms with Crippen LogP contribution in [0.1, 0.15) is 27.8 Å². The summed E-state index contributed by atoms with van der Waals surface area (Å²) >= 11 is 0. The van der Waals surface area contributed by atoms with Crippen molar-refractivity contribution < 1.29 is 0 Å². The summed E-state index contributed by atoms with van der Waals surface area (Å²) in [7, 11) is 0. The van der Waals surface area contributed by atoms with Crippen molar-refractivity contribution in [2.24, 2.45) is 4.99 Å². The molecule has 0 heterocycles. The third kappa shape index (κ3) is 3.80. The van der Waals surface area contributed by atoms with Gasteiger partial charge in [-0.05, 0) is 60.7 Å². The van der Waals surface area contributed by atoms with Crippen LogP contribution in [-0.2, 0) is 0 Å². The lowest BCUT2D eigenvalue weighted by atomic mass is 9.93. The molecule has 35 heavy (non-hydrogen) atoms. The highest BCUT2D eigenvalue weighted by Crippen LogP contribution is 2.44. The van der Waals surface area contributed by atoms with Crippen LogP contribution < -0.4 is 0 Å². The van der Waals surface area contributed by atoms with Crippen LogP contribution >= 0.6 is 0 Å². The van der Waals surface area contributed by atoms with Crippen LogP contribution in [-0.4, -0.2) is 5.71 Å². The van der Waals surface area contributed by atoms with Gasteiger partial charge in [0, 0.05) is 22.3 Å². The van der Waals surface area contributed by atoms with Crippen LogP contribution in [0.3, 0.4) is 0 Å². The summed E-state index contributed by atoms with van der Waals surface area (Å²) in [6.45, 7) is 6.43. The van der Waals surface area contributed by atoms with E-state index in [0.717, 1.165) is 22.5 Å². The highest BCUT2D eigenvalue weighted by atomic mass is 14.8. The Kier molecular flexibility index (Phi) is 5.19. The Morgan fingerprint density at radius 1 is 0.400 bits per heavy atom. The van der Waals surface area contributed by atoms with Gasteiger partial charge in [-0.15, -0.1) is 0 Å². The molecule has 1 aliphatic carbocycles. The molecule has 0 aromatic heterocycles. The predicted molar refractivity (Wildman–Crippen MR) is 149 cm³/mol. The van der Waals surface area contributed by atoms with Crippen molar-refractivity contribution in [3.05, 3.63) is 137 Å². The molecule has 1 nitrogen and oxygen atoms in total. The second kappa shape index (κ2) is 8.52. The van der Waals surface area contributed by atoms with Crippen LogP contribution in [0.25, 0.3) is 33.4 Å². The Hall–Kier alpha value is -4.23. The first-order valence-electron chi connectivity index (χ1n) is 12.1. The first-order chi connectivity index (χ1) is 17.1. The molecule has 0 fully saturated rings. The molecule has 0 amide bonds. The summed E-state index contributed by atoms with van der Waals surface area (Å²) in [5.74, 6) is 0. The van der Waals surface area contributed by atoms with Gasteiger partial charge in [0.1, 0.15) is 0 Å². The molecule has 0 spiro atoms. The Labute approximate surface area is 207 Å². The summed E-state index contributed by atoms with van der Waals surface area (Å²) in [6.07, 6.45) is 0. The monoisotopic (exact) mass is 449 g/mol. The van der Waals surface area contributed by atoms with Gasteiger partial charge >= 0.3 is 0 Å². The van der Waals surface area contributed by atoms with Crippen molar-refractivity contribution in [3.8, 4) is 33.4 Å². The summed E-state index contributed by atoms with van der Waals surface area (Å²) < 4.78 is 0. The van der Waals surface area contributed by atoms with Gasteiger partial charge in [-0.3, -0.25) is 0 Å². The van der Waals surface area contributed by atoms with Gasteiger partial charge in [-0.1, -0.05) is 108 Å². The van der Waals surface area contributed by atoms with E-state index in [4.69, 9.17) is 4.99 Å². The number of rotatable bonds is 3. The molecular weight excluding hydrogens is 422 g/mol. The number of hydrogen-bond acceptors (Lipinski definition) is 1. The molecule has 168 valence electrons. The lowest BCUT2D eigenvalue weighted by Crippen LogP contribution is -1.99. The minimum Gasteiger partial charge on any atom is -0.246 e. The van der Waals surface area contributed by atoms with E-state index in [9.17, 15) is 0 Å². The maximum absolute atomic E-state index is 5.50. The average Bonchev–Trinajstić information content (AvgIpc) is 3.19. The summed E-state index contributed by atoms with van der Waals surface area (Å²) in [5, 5.41) is 0. The predicted octanol–water partition coefficient (Wildman–Crippen LogP) is 9.10. The maximum atomic E-state index is 5.50. The molecule has 0 bridgehead atoms. The minimum atomic E-state index is 1.02. The first-order valence-corrected chi connectivity index (χ1v) is 12.1. The van der Waals surface area contributed by atoms with Crippen LogP contribution in [0.15, 0.2) is 114 Å². The number of hydrogen-bond donors (Lipinski definition) is 0. The van der Waals surface area contributed by atoms with Gasteiger partial charge in [0.2, 0.25) is 0 Å². The van der Waals surface area contributed by atoms with E-state index in [1.807, 2.05) is 0 Å². The van der Waals surface area contributed by atoms with Crippen molar-refractivity contribution in [2.45, 2.75) is 20.8 Å². The molecule has 6 rings (SSSR count). The van der Waals surface area contributed by atoms with Crippen LogP contribution in [0, 0.1) is 20.8 Å². The Morgan fingerprint density at radius 3 is 1.23 bits per heavy atom. The fourth-order valence-corrected chi connectivity index (χ4v) is 5.03. The van der Waals surface area contributed by atoms with Crippen LogP contribution in [0.2, 0.25) is 0 Å². The molecule has 0 radical (unpaired) electrons. The zero-order chi connectivity index (χ0) is 23.9. The average molecular weight is 450 g/mol. The largest absolute Gasteiger partial charge is 0.246 e. The van der Waals surface area contributed by atoms with Gasteiger partial charge in [0.05, 0.1) is 11.4 Å². The van der Waals surface area contributed by atoms with Gasteiger partial charge in [0.25, 0.3) is 0 Å². The molecule has 0 N–H and O–H groups in total. The number of aliphatic imine (C=N–C) groups is 1. The molecule has 1 heteroatoms. The number of aryl methyl sites for hydroxylation is 3. The van der Waals surface area contributed by atoms with E-state index >= 15 is 0 Å². The minimum absolute atomic E-state index is 1.02. The SMILES string of the molecule is Cc1ccc(-c2cc(C)cc(-c3ccc(C)cc3)c2N=C2c3ccccc3-c3ccccc32)cc1. The molecule has 0 atom stereocenters. The second-order valence-corrected chi connectivity index (χ2v) is 9.49. The van der Waals surface area contributed by atoms with Crippen molar-refractivity contribution >= 4 is 11.4 Å². The molecule has 0 aliphatic heterocycles. The summed E-state index contributed by atoms with van der Waals surface area (Å²) in [6, 6.07) is 39.3. The van der Waals surface area contributed by atoms with E-state index in [2.05, 4.69) is 130 Å². The molecule has 5 aromatic rings. The third-order valence-electron chi connectivity index (χ3n) is 6.86. The van der Waals surface area contributed by atoms with Gasteiger partial charge in [-0.2, -0.15) is 0 Å². The fraction of sp³-hybridized carbons (Fsp3) is 0.0882. The van der Waals surface area contributed by atoms with E-state index < -0.39 is 0 Å². The first kappa shape index (κ1) is 21.3. The zero-order valence-electron chi connectivity index (χ0n) is 20.3. The highest BCUT2D eigenvalue weighted by molar-refractivity contribution is 6.25. The molecule has 0 saturated heterocycles. The Balaban J connectivity index is 1.67. The van der Waals surface area contributed by atoms with Gasteiger partial charge in [-0.25, -0.2) is 4.99 Å². The maximum Gasteiger partial charge on any atom is 0.0794 e. The van der Waals surface area contributed by atoms with Crippen molar-refractivity contribution in [1.29, 1.82) is 0 Å². The lowest BCUT2D eigenvalue weighted by Gasteiger charge is -2.16. The zero-order valence-corrected chi connectivity index (χ0v) is 20.3. The smallest absolute Gasteiger partial charge is 0.0794 e. The van der Waals surface area contributed by atoms with Gasteiger partial charge in [0.15, 0.2) is 0 Å². The molecule has 0 saturated carbocycles. The molecular formula is C34H27N.